The minimum Gasteiger partial charge on any atom is -0.358 e. The summed E-state index contributed by atoms with van der Waals surface area (Å²) in [4.78, 5) is 17.5. The number of fused-ring (bicyclic) bond motifs is 1. The summed E-state index contributed by atoms with van der Waals surface area (Å²) in [7, 11) is 0. The SMILES string of the molecule is Cc1[nH]c2ccccc2c1C1CCN(C(=O)c2ccc(F)c(F)c2F)CC1. The molecule has 140 valence electrons. The van der Waals surface area contributed by atoms with Crippen LogP contribution in [0.1, 0.15) is 40.4 Å². The number of halogens is 3. The molecular weight excluding hydrogens is 353 g/mol. The molecule has 1 saturated heterocycles. The van der Waals surface area contributed by atoms with Crippen LogP contribution in [0.2, 0.25) is 0 Å². The van der Waals surface area contributed by atoms with Crippen molar-refractivity contribution >= 4 is 16.8 Å². The Morgan fingerprint density at radius 3 is 2.48 bits per heavy atom. The van der Waals surface area contributed by atoms with Crippen molar-refractivity contribution in [3.63, 3.8) is 0 Å². The fraction of sp³-hybridized carbons (Fsp3) is 0.286. The smallest absolute Gasteiger partial charge is 0.256 e. The summed E-state index contributed by atoms with van der Waals surface area (Å²) < 4.78 is 40.5. The van der Waals surface area contributed by atoms with Gasteiger partial charge in [0, 0.05) is 29.7 Å². The highest BCUT2D eigenvalue weighted by Crippen LogP contribution is 2.36. The van der Waals surface area contributed by atoms with Crippen LogP contribution in [-0.4, -0.2) is 28.9 Å². The number of nitrogens with zero attached hydrogens (tertiary/aromatic N) is 1. The lowest BCUT2D eigenvalue weighted by Gasteiger charge is -2.32. The highest BCUT2D eigenvalue weighted by molar-refractivity contribution is 5.94. The lowest BCUT2D eigenvalue weighted by Crippen LogP contribution is -2.38. The zero-order valence-corrected chi connectivity index (χ0v) is 14.9. The molecule has 0 atom stereocenters. The van der Waals surface area contributed by atoms with Gasteiger partial charge in [-0.3, -0.25) is 4.79 Å². The number of aryl methyl sites for hydroxylation is 1. The molecular formula is C21H19F3N2O. The second-order valence-corrected chi connectivity index (χ2v) is 7.00. The predicted molar refractivity (Wildman–Crippen MR) is 97.2 cm³/mol. The van der Waals surface area contributed by atoms with Crippen LogP contribution in [0.15, 0.2) is 36.4 Å². The molecule has 3 nitrogen and oxygen atoms in total. The average molecular weight is 372 g/mol. The molecule has 0 saturated carbocycles. The summed E-state index contributed by atoms with van der Waals surface area (Å²) in [6, 6.07) is 9.90. The molecule has 3 aromatic rings. The van der Waals surface area contributed by atoms with E-state index in [0.29, 0.717) is 19.0 Å². The average Bonchev–Trinajstić information content (AvgIpc) is 3.01. The van der Waals surface area contributed by atoms with Crippen LogP contribution in [0.4, 0.5) is 13.2 Å². The van der Waals surface area contributed by atoms with Crippen molar-refractivity contribution in [1.82, 2.24) is 9.88 Å². The number of carbonyl (C=O) groups excluding carboxylic acids is 1. The van der Waals surface area contributed by atoms with Crippen LogP contribution in [-0.2, 0) is 0 Å². The molecule has 6 heteroatoms. The normalized spacial score (nSPS) is 15.5. The van der Waals surface area contributed by atoms with E-state index >= 15 is 0 Å². The van der Waals surface area contributed by atoms with E-state index in [2.05, 4.69) is 11.1 Å². The van der Waals surface area contributed by atoms with Gasteiger partial charge >= 0.3 is 0 Å². The van der Waals surface area contributed by atoms with E-state index in [1.54, 1.807) is 0 Å². The highest BCUT2D eigenvalue weighted by Gasteiger charge is 2.29. The van der Waals surface area contributed by atoms with Crippen molar-refractivity contribution in [3.05, 3.63) is 70.7 Å². The molecule has 0 spiro atoms. The van der Waals surface area contributed by atoms with E-state index in [0.717, 1.165) is 36.2 Å². The minimum atomic E-state index is -1.61. The van der Waals surface area contributed by atoms with E-state index in [-0.39, 0.29) is 0 Å². The summed E-state index contributed by atoms with van der Waals surface area (Å²) in [6.07, 6.45) is 1.47. The summed E-state index contributed by atoms with van der Waals surface area (Å²) in [5.41, 5.74) is 3.05. The number of para-hydroxylation sites is 1. The number of piperidine rings is 1. The number of aromatic nitrogens is 1. The number of benzene rings is 2. The molecule has 1 aliphatic rings. The van der Waals surface area contributed by atoms with Crippen molar-refractivity contribution in [1.29, 1.82) is 0 Å². The molecule has 27 heavy (non-hydrogen) atoms. The zero-order valence-electron chi connectivity index (χ0n) is 14.9. The van der Waals surface area contributed by atoms with Crippen LogP contribution < -0.4 is 0 Å². The fourth-order valence-corrected chi connectivity index (χ4v) is 4.06. The Morgan fingerprint density at radius 2 is 1.74 bits per heavy atom. The van der Waals surface area contributed by atoms with Crippen LogP contribution >= 0.6 is 0 Å². The van der Waals surface area contributed by atoms with Gasteiger partial charge in [-0.1, -0.05) is 18.2 Å². The standard InChI is InChI=1S/C21H19F3N2O/c1-12-18(14-4-2-3-5-17(14)25-12)13-8-10-26(11-9-13)21(27)15-6-7-16(22)20(24)19(15)23/h2-7,13,25H,8-11H2,1H3. The molecule has 0 aliphatic carbocycles. The molecule has 1 amide bonds. The number of carbonyl (C=O) groups is 1. The lowest BCUT2D eigenvalue weighted by molar-refractivity contribution is 0.0707. The highest BCUT2D eigenvalue weighted by atomic mass is 19.2. The molecule has 1 fully saturated rings. The Bertz CT molecular complexity index is 1020. The van der Waals surface area contributed by atoms with Crippen LogP contribution in [0, 0.1) is 24.4 Å². The first-order valence-electron chi connectivity index (χ1n) is 8.97. The van der Waals surface area contributed by atoms with Gasteiger partial charge in [0.05, 0.1) is 5.56 Å². The Labute approximate surface area is 154 Å². The molecule has 1 aliphatic heterocycles. The molecule has 1 aromatic heterocycles. The third-order valence-corrected chi connectivity index (χ3v) is 5.40. The van der Waals surface area contributed by atoms with Gasteiger partial charge in [-0.25, -0.2) is 13.2 Å². The predicted octanol–water partition coefficient (Wildman–Crippen LogP) is 4.91. The van der Waals surface area contributed by atoms with Crippen molar-refractivity contribution in [2.75, 3.05) is 13.1 Å². The van der Waals surface area contributed by atoms with Crippen molar-refractivity contribution in [3.8, 4) is 0 Å². The van der Waals surface area contributed by atoms with Crippen LogP contribution in [0.5, 0.6) is 0 Å². The third-order valence-electron chi connectivity index (χ3n) is 5.40. The van der Waals surface area contributed by atoms with E-state index in [1.807, 2.05) is 25.1 Å². The van der Waals surface area contributed by atoms with E-state index in [4.69, 9.17) is 0 Å². The van der Waals surface area contributed by atoms with Crippen molar-refractivity contribution < 1.29 is 18.0 Å². The molecule has 2 heterocycles. The Hall–Kier alpha value is -2.76. The van der Waals surface area contributed by atoms with Gasteiger partial charge in [0.15, 0.2) is 17.5 Å². The van der Waals surface area contributed by atoms with Crippen molar-refractivity contribution in [2.45, 2.75) is 25.7 Å². The first-order chi connectivity index (χ1) is 13.0. The van der Waals surface area contributed by atoms with Gasteiger partial charge in [0.2, 0.25) is 0 Å². The van der Waals surface area contributed by atoms with Gasteiger partial charge in [-0.05, 0) is 49.4 Å². The van der Waals surface area contributed by atoms with E-state index in [1.165, 1.54) is 15.8 Å². The lowest BCUT2D eigenvalue weighted by atomic mass is 9.87. The zero-order chi connectivity index (χ0) is 19.1. The monoisotopic (exact) mass is 372 g/mol. The maximum absolute atomic E-state index is 13.9. The summed E-state index contributed by atoms with van der Waals surface area (Å²) in [6.45, 7) is 2.94. The number of hydrogen-bond acceptors (Lipinski definition) is 1. The number of rotatable bonds is 2. The van der Waals surface area contributed by atoms with Gasteiger partial charge in [0.1, 0.15) is 0 Å². The van der Waals surface area contributed by atoms with Crippen LogP contribution in [0.25, 0.3) is 10.9 Å². The molecule has 0 unspecified atom stereocenters. The van der Waals surface area contributed by atoms with E-state index in [9.17, 15) is 18.0 Å². The molecule has 0 radical (unpaired) electrons. The topological polar surface area (TPSA) is 36.1 Å². The second kappa shape index (κ2) is 6.76. The number of likely N-dealkylation sites (tertiary alicyclic amines) is 1. The van der Waals surface area contributed by atoms with Gasteiger partial charge < -0.3 is 9.88 Å². The van der Waals surface area contributed by atoms with Crippen LogP contribution in [0.3, 0.4) is 0 Å². The summed E-state index contributed by atoms with van der Waals surface area (Å²) in [5.74, 6) is -4.63. The first kappa shape index (κ1) is 17.6. The number of aromatic amines is 1. The maximum Gasteiger partial charge on any atom is 0.256 e. The maximum atomic E-state index is 13.9. The third kappa shape index (κ3) is 2.99. The molecule has 0 bridgehead atoms. The van der Waals surface area contributed by atoms with Gasteiger partial charge in [0.25, 0.3) is 5.91 Å². The van der Waals surface area contributed by atoms with Gasteiger partial charge in [-0.2, -0.15) is 0 Å². The van der Waals surface area contributed by atoms with Crippen molar-refractivity contribution in [2.24, 2.45) is 0 Å². The molecule has 2 aromatic carbocycles. The Balaban J connectivity index is 1.53. The first-order valence-corrected chi connectivity index (χ1v) is 8.97. The number of nitrogens with one attached hydrogen (secondary N) is 1. The largest absolute Gasteiger partial charge is 0.358 e. The number of H-pyrrole nitrogens is 1. The fourth-order valence-electron chi connectivity index (χ4n) is 4.06. The number of hydrogen-bond donors (Lipinski definition) is 1. The molecule has 1 N–H and O–H groups in total. The Kier molecular flexibility index (Phi) is 4.42. The minimum absolute atomic E-state index is 0.292. The summed E-state index contributed by atoms with van der Waals surface area (Å²) in [5, 5.41) is 1.19. The van der Waals surface area contributed by atoms with Gasteiger partial charge in [-0.15, -0.1) is 0 Å². The quantitative estimate of drug-likeness (QED) is 0.637. The van der Waals surface area contributed by atoms with E-state index < -0.39 is 28.9 Å². The number of amides is 1. The second-order valence-electron chi connectivity index (χ2n) is 7.00. The Morgan fingerprint density at radius 1 is 1.04 bits per heavy atom. The molecule has 4 rings (SSSR count). The summed E-state index contributed by atoms with van der Waals surface area (Å²) >= 11 is 0.